The van der Waals surface area contributed by atoms with Crippen molar-refractivity contribution in [3.05, 3.63) is 60.2 Å². The topological polar surface area (TPSA) is 100 Å². The van der Waals surface area contributed by atoms with Gasteiger partial charge in [0.1, 0.15) is 11.8 Å². The maximum absolute atomic E-state index is 12.9. The molecule has 2 aliphatic rings. The molecule has 2 aromatic carbocycles. The third-order valence-electron chi connectivity index (χ3n) is 4.80. The molecule has 1 atom stereocenters. The first kappa shape index (κ1) is 18.0. The van der Waals surface area contributed by atoms with E-state index in [0.717, 1.165) is 0 Å². The molecule has 1 saturated heterocycles. The molecule has 9 heteroatoms. The van der Waals surface area contributed by atoms with Gasteiger partial charge in [-0.25, -0.2) is 4.79 Å². The Bertz CT molecular complexity index is 971. The summed E-state index contributed by atoms with van der Waals surface area (Å²) in [6, 6.07) is 14.1. The summed E-state index contributed by atoms with van der Waals surface area (Å²) >= 11 is 6.38. The van der Waals surface area contributed by atoms with Crippen molar-refractivity contribution in [2.45, 2.75) is 6.04 Å². The Balaban J connectivity index is 1.91. The molecular formula is C19H15ClN4O4. The van der Waals surface area contributed by atoms with Gasteiger partial charge in [0.2, 0.25) is 5.41 Å². The molecular weight excluding hydrogens is 384 g/mol. The molecule has 1 spiro atoms. The molecule has 0 aromatic heterocycles. The number of imide groups is 2. The number of amides is 4. The molecule has 2 aromatic rings. The lowest BCUT2D eigenvalue weighted by molar-refractivity contribution is -0.140. The van der Waals surface area contributed by atoms with E-state index < -0.39 is 29.3 Å². The predicted molar refractivity (Wildman–Crippen MR) is 102 cm³/mol. The molecule has 2 heterocycles. The number of hydrogen-bond donors (Lipinski definition) is 2. The van der Waals surface area contributed by atoms with Gasteiger partial charge in [-0.05, 0) is 29.8 Å². The summed E-state index contributed by atoms with van der Waals surface area (Å²) in [5.74, 6) is -1.04. The van der Waals surface area contributed by atoms with Gasteiger partial charge >= 0.3 is 6.03 Å². The van der Waals surface area contributed by atoms with Crippen molar-refractivity contribution in [2.24, 2.45) is 10.5 Å². The van der Waals surface area contributed by atoms with E-state index in [0.29, 0.717) is 17.0 Å². The molecule has 0 aliphatic carbocycles. The zero-order chi connectivity index (χ0) is 19.9. The summed E-state index contributed by atoms with van der Waals surface area (Å²) in [4.78, 5) is 37.5. The lowest BCUT2D eigenvalue weighted by Crippen LogP contribution is -2.66. The number of urea groups is 1. The molecule has 8 nitrogen and oxygen atoms in total. The molecule has 142 valence electrons. The highest BCUT2D eigenvalue weighted by atomic mass is 35.5. The minimum atomic E-state index is -1.90. The maximum atomic E-state index is 12.9. The van der Waals surface area contributed by atoms with Crippen LogP contribution in [0.5, 0.6) is 5.75 Å². The summed E-state index contributed by atoms with van der Waals surface area (Å²) in [7, 11) is 1.54. The number of hydrogen-bond acceptors (Lipinski definition) is 6. The largest absolute Gasteiger partial charge is 0.497 e. The van der Waals surface area contributed by atoms with Crippen molar-refractivity contribution >= 4 is 40.3 Å². The van der Waals surface area contributed by atoms with Crippen LogP contribution < -0.4 is 20.4 Å². The molecule has 28 heavy (non-hydrogen) atoms. The number of para-hydroxylation sites is 1. The van der Waals surface area contributed by atoms with Crippen molar-refractivity contribution in [3.63, 3.8) is 0 Å². The van der Waals surface area contributed by atoms with Gasteiger partial charge in [-0.2, -0.15) is 5.10 Å². The summed E-state index contributed by atoms with van der Waals surface area (Å²) in [5, 5.41) is 9.89. The summed E-state index contributed by atoms with van der Waals surface area (Å²) in [6.07, 6.45) is 0. The molecule has 0 saturated carbocycles. The lowest BCUT2D eigenvalue weighted by Gasteiger charge is -2.37. The quantitative estimate of drug-likeness (QED) is 0.772. The average molecular weight is 399 g/mol. The summed E-state index contributed by atoms with van der Waals surface area (Å²) in [6.45, 7) is 0. The van der Waals surface area contributed by atoms with Gasteiger partial charge in [-0.1, -0.05) is 41.9 Å². The minimum absolute atomic E-state index is 0.223. The Labute approximate surface area is 165 Å². The monoisotopic (exact) mass is 398 g/mol. The Morgan fingerprint density at radius 3 is 2.18 bits per heavy atom. The van der Waals surface area contributed by atoms with Crippen LogP contribution in [0.3, 0.4) is 0 Å². The van der Waals surface area contributed by atoms with Gasteiger partial charge in [0.05, 0.1) is 12.8 Å². The van der Waals surface area contributed by atoms with Gasteiger partial charge in [0.25, 0.3) is 11.8 Å². The third kappa shape index (κ3) is 2.53. The zero-order valence-corrected chi connectivity index (χ0v) is 15.4. The molecule has 1 fully saturated rings. The van der Waals surface area contributed by atoms with Crippen molar-refractivity contribution in [3.8, 4) is 5.75 Å². The van der Waals surface area contributed by atoms with Crippen molar-refractivity contribution in [1.82, 2.24) is 10.6 Å². The zero-order valence-electron chi connectivity index (χ0n) is 14.7. The lowest BCUT2D eigenvalue weighted by atomic mass is 9.75. The van der Waals surface area contributed by atoms with Crippen LogP contribution in [0, 0.1) is 5.41 Å². The van der Waals surface area contributed by atoms with Gasteiger partial charge in [0.15, 0.2) is 5.17 Å². The third-order valence-corrected chi connectivity index (χ3v) is 5.17. The number of carbonyl (C=O) groups is 3. The smallest absolute Gasteiger partial charge is 0.328 e. The second-order valence-corrected chi connectivity index (χ2v) is 6.65. The fourth-order valence-corrected chi connectivity index (χ4v) is 3.82. The van der Waals surface area contributed by atoms with E-state index in [1.807, 2.05) is 6.07 Å². The number of halogens is 1. The predicted octanol–water partition coefficient (Wildman–Crippen LogP) is 2.16. The van der Waals surface area contributed by atoms with E-state index in [4.69, 9.17) is 16.3 Å². The summed E-state index contributed by atoms with van der Waals surface area (Å²) < 4.78 is 5.19. The van der Waals surface area contributed by atoms with Crippen LogP contribution in [0.4, 0.5) is 10.5 Å². The van der Waals surface area contributed by atoms with Crippen molar-refractivity contribution < 1.29 is 19.1 Å². The first-order valence-electron chi connectivity index (χ1n) is 8.38. The van der Waals surface area contributed by atoms with Gasteiger partial charge in [0, 0.05) is 0 Å². The van der Waals surface area contributed by atoms with Crippen molar-refractivity contribution in [2.75, 3.05) is 12.1 Å². The second kappa shape index (κ2) is 6.65. The standard InChI is InChI=1S/C19H15ClN4O4/c1-28-13-9-7-11(8-10-13)14-19(16(25)21-18(27)22-17(19)26)15(20)23-24(14)12-5-3-2-4-6-12/h2-10,14H,1H3,(H2,21,22,25,26,27). The number of hydrazone groups is 1. The van der Waals surface area contributed by atoms with E-state index >= 15 is 0 Å². The fraction of sp³-hybridized carbons (Fsp3) is 0.158. The first-order chi connectivity index (χ1) is 13.5. The number of nitrogens with one attached hydrogen (secondary N) is 2. The molecule has 4 amide bonds. The van der Waals surface area contributed by atoms with Crippen LogP contribution in [-0.2, 0) is 9.59 Å². The number of barbiturate groups is 1. The van der Waals surface area contributed by atoms with E-state index in [1.165, 1.54) is 12.1 Å². The Hall–Kier alpha value is -3.39. The van der Waals surface area contributed by atoms with Gasteiger partial charge in [-0.15, -0.1) is 0 Å². The van der Waals surface area contributed by atoms with Crippen LogP contribution in [-0.4, -0.2) is 30.1 Å². The van der Waals surface area contributed by atoms with Gasteiger partial charge in [-0.3, -0.25) is 25.2 Å². The Morgan fingerprint density at radius 2 is 1.61 bits per heavy atom. The molecule has 2 aliphatic heterocycles. The highest BCUT2D eigenvalue weighted by molar-refractivity contribution is 6.72. The first-order valence-corrected chi connectivity index (χ1v) is 8.76. The second-order valence-electron chi connectivity index (χ2n) is 6.29. The van der Waals surface area contributed by atoms with E-state index in [1.54, 1.807) is 48.5 Å². The number of rotatable bonds is 3. The number of carbonyl (C=O) groups excluding carboxylic acids is 3. The molecule has 0 radical (unpaired) electrons. The Morgan fingerprint density at radius 1 is 1.00 bits per heavy atom. The highest BCUT2D eigenvalue weighted by Gasteiger charge is 2.65. The summed E-state index contributed by atoms with van der Waals surface area (Å²) in [5.41, 5.74) is -0.667. The highest BCUT2D eigenvalue weighted by Crippen LogP contribution is 2.49. The van der Waals surface area contributed by atoms with Crippen molar-refractivity contribution in [1.29, 1.82) is 0 Å². The number of ether oxygens (including phenoxy) is 1. The normalized spacial score (nSPS) is 20.6. The number of benzene rings is 2. The van der Waals surface area contributed by atoms with Crippen LogP contribution in [0.2, 0.25) is 0 Å². The van der Waals surface area contributed by atoms with E-state index in [-0.39, 0.29) is 5.17 Å². The van der Waals surface area contributed by atoms with Crippen LogP contribution in [0.1, 0.15) is 11.6 Å². The molecule has 4 rings (SSSR count). The van der Waals surface area contributed by atoms with Crippen LogP contribution in [0.25, 0.3) is 0 Å². The number of methoxy groups -OCH3 is 1. The Kier molecular flexibility index (Phi) is 4.27. The van der Waals surface area contributed by atoms with Crippen LogP contribution in [0.15, 0.2) is 59.7 Å². The van der Waals surface area contributed by atoms with E-state index in [2.05, 4.69) is 15.7 Å². The molecule has 2 N–H and O–H groups in total. The minimum Gasteiger partial charge on any atom is -0.497 e. The van der Waals surface area contributed by atoms with E-state index in [9.17, 15) is 14.4 Å². The molecule has 0 bridgehead atoms. The average Bonchev–Trinajstić information content (AvgIpc) is 3.01. The number of anilines is 1. The van der Waals surface area contributed by atoms with Gasteiger partial charge < -0.3 is 4.74 Å². The number of nitrogens with zero attached hydrogens (tertiary/aromatic N) is 2. The fourth-order valence-electron chi connectivity index (χ4n) is 3.47. The molecule has 1 unspecified atom stereocenters. The maximum Gasteiger partial charge on any atom is 0.328 e. The SMILES string of the molecule is COc1ccc(C2N(c3ccccc3)N=C(Cl)C23C(=O)NC(=O)NC3=O)cc1. The van der Waals surface area contributed by atoms with Crippen LogP contribution >= 0.6 is 11.6 Å².